The molecule has 0 unspecified atom stereocenters. The molecule has 1 aromatic rings. The first-order valence-corrected chi connectivity index (χ1v) is 7.50. The van der Waals surface area contributed by atoms with Crippen LogP contribution in [0.1, 0.15) is 50.7 Å². The van der Waals surface area contributed by atoms with Gasteiger partial charge in [0.1, 0.15) is 0 Å². The van der Waals surface area contributed by atoms with E-state index in [-0.39, 0.29) is 24.0 Å². The number of nitrogens with zero attached hydrogens (tertiary/aromatic N) is 2. The highest BCUT2D eigenvalue weighted by molar-refractivity contribution is 5.73. The normalized spacial score (nSPS) is 16.0. The largest absolute Gasteiger partial charge is 0.396 e. The van der Waals surface area contributed by atoms with Crippen molar-refractivity contribution in [3.63, 3.8) is 0 Å². The Bertz CT molecular complexity index is 469. The van der Waals surface area contributed by atoms with E-state index in [1.165, 1.54) is 0 Å². The Morgan fingerprint density at radius 3 is 2.76 bits per heavy atom. The van der Waals surface area contributed by atoms with Crippen LogP contribution in [0.25, 0.3) is 0 Å². The molecule has 21 heavy (non-hydrogen) atoms. The first-order valence-electron chi connectivity index (χ1n) is 7.50. The molecular weight excluding hydrogens is 272 g/mol. The first-order chi connectivity index (χ1) is 10.0. The summed E-state index contributed by atoms with van der Waals surface area (Å²) in [6.07, 6.45) is 3.37. The Labute approximate surface area is 124 Å². The van der Waals surface area contributed by atoms with Crippen molar-refractivity contribution in [2.24, 2.45) is 5.41 Å². The van der Waals surface area contributed by atoms with Gasteiger partial charge in [-0.1, -0.05) is 19.0 Å². The topological polar surface area (TPSA) is 100 Å². The third-order valence-electron chi connectivity index (χ3n) is 3.77. The third-order valence-corrected chi connectivity index (χ3v) is 3.77. The third kappa shape index (κ3) is 4.70. The lowest BCUT2D eigenvalue weighted by molar-refractivity contribution is 0.203. The van der Waals surface area contributed by atoms with Gasteiger partial charge in [-0.05, 0) is 19.3 Å². The number of aliphatic hydroxyl groups is 1. The van der Waals surface area contributed by atoms with E-state index in [4.69, 9.17) is 9.63 Å². The van der Waals surface area contributed by atoms with Crippen LogP contribution >= 0.6 is 0 Å². The van der Waals surface area contributed by atoms with E-state index in [0.29, 0.717) is 25.4 Å². The van der Waals surface area contributed by atoms with Gasteiger partial charge in [-0.2, -0.15) is 4.98 Å². The molecule has 7 heteroatoms. The molecule has 1 saturated carbocycles. The van der Waals surface area contributed by atoms with Gasteiger partial charge in [0.2, 0.25) is 5.89 Å². The second kappa shape index (κ2) is 6.89. The van der Waals surface area contributed by atoms with Crippen molar-refractivity contribution in [1.29, 1.82) is 0 Å². The number of aromatic nitrogens is 2. The molecule has 0 bridgehead atoms. The van der Waals surface area contributed by atoms with E-state index >= 15 is 0 Å². The molecule has 1 aromatic heterocycles. The van der Waals surface area contributed by atoms with E-state index in [1.54, 1.807) is 0 Å². The SMILES string of the molecule is CC(C)c1noc(CCCNC(=O)NCC2(CO)CC2)n1. The van der Waals surface area contributed by atoms with Crippen LogP contribution in [0.4, 0.5) is 4.79 Å². The van der Waals surface area contributed by atoms with Crippen LogP contribution in [-0.2, 0) is 6.42 Å². The van der Waals surface area contributed by atoms with Crippen LogP contribution in [-0.4, -0.2) is 41.0 Å². The van der Waals surface area contributed by atoms with Gasteiger partial charge in [0.15, 0.2) is 5.82 Å². The van der Waals surface area contributed by atoms with Gasteiger partial charge >= 0.3 is 6.03 Å². The van der Waals surface area contributed by atoms with E-state index in [0.717, 1.165) is 25.1 Å². The van der Waals surface area contributed by atoms with Gasteiger partial charge in [0, 0.05) is 30.8 Å². The number of hydrogen-bond donors (Lipinski definition) is 3. The number of aliphatic hydroxyl groups excluding tert-OH is 1. The van der Waals surface area contributed by atoms with Gasteiger partial charge < -0.3 is 20.3 Å². The Balaban J connectivity index is 1.57. The fraction of sp³-hybridized carbons (Fsp3) is 0.786. The molecule has 7 nitrogen and oxygen atoms in total. The molecule has 0 spiro atoms. The fourth-order valence-corrected chi connectivity index (χ4v) is 1.94. The predicted molar refractivity (Wildman–Crippen MR) is 76.9 cm³/mol. The number of urea groups is 1. The van der Waals surface area contributed by atoms with Crippen LogP contribution < -0.4 is 10.6 Å². The second-order valence-corrected chi connectivity index (χ2v) is 6.07. The Morgan fingerprint density at radius 2 is 2.19 bits per heavy atom. The molecule has 1 aliphatic rings. The van der Waals surface area contributed by atoms with Gasteiger partial charge in [-0.15, -0.1) is 0 Å². The fourth-order valence-electron chi connectivity index (χ4n) is 1.94. The number of nitrogens with one attached hydrogen (secondary N) is 2. The lowest BCUT2D eigenvalue weighted by Crippen LogP contribution is -2.40. The Kier molecular flexibility index (Phi) is 5.17. The molecule has 0 aromatic carbocycles. The average molecular weight is 296 g/mol. The van der Waals surface area contributed by atoms with E-state index < -0.39 is 0 Å². The standard InChI is InChI=1S/C14H24N4O3/c1-10(2)12-17-11(21-18-12)4-3-7-15-13(20)16-8-14(9-19)5-6-14/h10,19H,3-9H2,1-2H3,(H2,15,16,20). The maximum Gasteiger partial charge on any atom is 0.314 e. The quantitative estimate of drug-likeness (QED) is 0.626. The van der Waals surface area contributed by atoms with Gasteiger partial charge in [0.05, 0.1) is 6.61 Å². The van der Waals surface area contributed by atoms with Crippen LogP contribution in [0.15, 0.2) is 4.52 Å². The summed E-state index contributed by atoms with van der Waals surface area (Å²) in [5.74, 6) is 1.58. The van der Waals surface area contributed by atoms with Gasteiger partial charge in [0.25, 0.3) is 0 Å². The van der Waals surface area contributed by atoms with Crippen LogP contribution in [0.2, 0.25) is 0 Å². The number of carbonyl (C=O) groups excluding carboxylic acids is 1. The summed E-state index contributed by atoms with van der Waals surface area (Å²) in [6, 6.07) is -0.192. The van der Waals surface area contributed by atoms with Crippen molar-refractivity contribution >= 4 is 6.03 Å². The number of hydrogen-bond acceptors (Lipinski definition) is 5. The number of aryl methyl sites for hydroxylation is 1. The Hall–Kier alpha value is -1.63. The van der Waals surface area contributed by atoms with Crippen molar-refractivity contribution in [2.75, 3.05) is 19.7 Å². The zero-order valence-corrected chi connectivity index (χ0v) is 12.7. The summed E-state index contributed by atoms with van der Waals surface area (Å²) in [6.45, 7) is 5.26. The maximum absolute atomic E-state index is 11.6. The summed E-state index contributed by atoms with van der Waals surface area (Å²) in [5, 5.41) is 18.6. The highest BCUT2D eigenvalue weighted by Gasteiger charge is 2.42. The minimum atomic E-state index is -0.192. The Morgan fingerprint density at radius 1 is 1.43 bits per heavy atom. The van der Waals surface area contributed by atoms with Crippen LogP contribution in [0, 0.1) is 5.41 Å². The van der Waals surface area contributed by atoms with E-state index in [1.807, 2.05) is 13.8 Å². The number of amides is 2. The molecule has 3 N–H and O–H groups in total. The molecule has 0 atom stereocenters. The summed E-state index contributed by atoms with van der Waals surface area (Å²) in [5.41, 5.74) is -0.0612. The van der Waals surface area contributed by atoms with Crippen molar-refractivity contribution in [2.45, 2.75) is 45.4 Å². The minimum Gasteiger partial charge on any atom is -0.396 e. The molecule has 0 saturated heterocycles. The zero-order valence-electron chi connectivity index (χ0n) is 12.7. The molecule has 2 rings (SSSR count). The molecule has 118 valence electrons. The van der Waals surface area contributed by atoms with Crippen LogP contribution in [0.3, 0.4) is 0 Å². The molecule has 1 aliphatic carbocycles. The lowest BCUT2D eigenvalue weighted by Gasteiger charge is -2.13. The molecule has 0 radical (unpaired) electrons. The molecule has 1 fully saturated rings. The summed E-state index contributed by atoms with van der Waals surface area (Å²) in [4.78, 5) is 15.9. The summed E-state index contributed by atoms with van der Waals surface area (Å²) < 4.78 is 5.13. The van der Waals surface area contributed by atoms with Crippen molar-refractivity contribution in [3.8, 4) is 0 Å². The van der Waals surface area contributed by atoms with Crippen molar-refractivity contribution in [1.82, 2.24) is 20.8 Å². The lowest BCUT2D eigenvalue weighted by atomic mass is 10.1. The average Bonchev–Trinajstić information content (AvgIpc) is 3.10. The summed E-state index contributed by atoms with van der Waals surface area (Å²) in [7, 11) is 0. The van der Waals surface area contributed by atoms with E-state index in [9.17, 15) is 4.79 Å². The van der Waals surface area contributed by atoms with E-state index in [2.05, 4.69) is 20.8 Å². The molecule has 1 heterocycles. The van der Waals surface area contributed by atoms with Crippen molar-refractivity contribution < 1.29 is 14.4 Å². The predicted octanol–water partition coefficient (Wildman–Crippen LogP) is 1.20. The van der Waals surface area contributed by atoms with Crippen molar-refractivity contribution in [3.05, 3.63) is 11.7 Å². The highest BCUT2D eigenvalue weighted by atomic mass is 16.5. The number of rotatable bonds is 8. The summed E-state index contributed by atoms with van der Waals surface area (Å²) >= 11 is 0. The molecule has 0 aliphatic heterocycles. The van der Waals surface area contributed by atoms with Crippen LogP contribution in [0.5, 0.6) is 0 Å². The number of carbonyl (C=O) groups is 1. The minimum absolute atomic E-state index is 0.0612. The maximum atomic E-state index is 11.6. The smallest absolute Gasteiger partial charge is 0.314 e. The first kappa shape index (κ1) is 15.8. The van der Waals surface area contributed by atoms with Gasteiger partial charge in [-0.3, -0.25) is 0 Å². The van der Waals surface area contributed by atoms with Gasteiger partial charge in [-0.25, -0.2) is 4.79 Å². The molecule has 2 amide bonds. The second-order valence-electron chi connectivity index (χ2n) is 6.07. The zero-order chi connectivity index (χ0) is 15.3. The molecular formula is C14H24N4O3. The monoisotopic (exact) mass is 296 g/mol. The highest BCUT2D eigenvalue weighted by Crippen LogP contribution is 2.44.